The van der Waals surface area contributed by atoms with Crippen molar-refractivity contribution in [3.8, 4) is 5.88 Å². The molecule has 28 heavy (non-hydrogen) atoms. The summed E-state index contributed by atoms with van der Waals surface area (Å²) in [5.74, 6) is 0.176. The van der Waals surface area contributed by atoms with Gasteiger partial charge in [0.05, 0.1) is 18.8 Å². The highest BCUT2D eigenvalue weighted by molar-refractivity contribution is 7.90. The maximum atomic E-state index is 12.7. The van der Waals surface area contributed by atoms with Crippen LogP contribution in [0.25, 0.3) is 0 Å². The molecule has 0 bridgehead atoms. The molecular formula is C19H24N4O4S. The predicted octanol–water partition coefficient (Wildman–Crippen LogP) is 2.37. The van der Waals surface area contributed by atoms with Crippen LogP contribution in [-0.4, -0.2) is 30.8 Å². The number of aryl methyl sites for hydroxylation is 2. The molecule has 0 saturated heterocycles. The number of nitrogens with one attached hydrogen (secondary N) is 2. The van der Waals surface area contributed by atoms with Gasteiger partial charge >= 0.3 is 6.03 Å². The molecule has 150 valence electrons. The van der Waals surface area contributed by atoms with Crippen LogP contribution in [0.5, 0.6) is 5.88 Å². The number of hydrogen-bond acceptors (Lipinski definition) is 5. The summed E-state index contributed by atoms with van der Waals surface area (Å²) in [6.07, 6.45) is 3.81. The molecule has 1 aliphatic heterocycles. The molecule has 2 aromatic rings. The van der Waals surface area contributed by atoms with Crippen LogP contribution in [0.3, 0.4) is 0 Å². The van der Waals surface area contributed by atoms with E-state index in [0.717, 1.165) is 24.8 Å². The smallest absolute Gasteiger partial charge is 0.329 e. The molecule has 2 amide bonds. The van der Waals surface area contributed by atoms with Gasteiger partial charge in [-0.15, -0.1) is 0 Å². The predicted molar refractivity (Wildman–Crippen MR) is 102 cm³/mol. The number of carbonyl (C=O) groups is 1. The lowest BCUT2D eigenvalue weighted by atomic mass is 9.70. The molecule has 4 rings (SSSR count). The fourth-order valence-corrected chi connectivity index (χ4v) is 4.90. The second-order valence-electron chi connectivity index (χ2n) is 7.94. The molecule has 1 aromatic heterocycles. The quantitative estimate of drug-likeness (QED) is 0.818. The Balaban J connectivity index is 1.55. The van der Waals surface area contributed by atoms with Crippen LogP contribution in [0, 0.1) is 5.41 Å². The maximum Gasteiger partial charge on any atom is 0.329 e. The lowest BCUT2D eigenvalue weighted by Gasteiger charge is -2.40. The third kappa shape index (κ3) is 3.34. The summed E-state index contributed by atoms with van der Waals surface area (Å²) in [6, 6.07) is 6.89. The summed E-state index contributed by atoms with van der Waals surface area (Å²) in [4.78, 5) is 12.5. The fourth-order valence-electron chi connectivity index (χ4n) is 3.91. The van der Waals surface area contributed by atoms with Gasteiger partial charge in [-0.1, -0.05) is 38.1 Å². The number of fused-ring (bicyclic) bond motifs is 2. The standard InChI is InChI=1S/C19H24N4O4S/c1-19(2)9-8-13-6-3-4-7-14(13)16(19)21-18(24)22-28(25,26)15-12-20-23-10-5-11-27-17(15)23/h3-4,6-7,12,16H,5,8-11H2,1-2H3,(H2,21,22,24)/t16-/m1/s1. The summed E-state index contributed by atoms with van der Waals surface area (Å²) in [6.45, 7) is 5.16. The minimum atomic E-state index is -4.09. The van der Waals surface area contributed by atoms with E-state index in [2.05, 4.69) is 29.0 Å². The largest absolute Gasteiger partial charge is 0.477 e. The highest BCUT2D eigenvalue weighted by Gasteiger charge is 2.37. The molecule has 0 fully saturated rings. The van der Waals surface area contributed by atoms with Gasteiger partial charge in [0.25, 0.3) is 10.0 Å². The third-order valence-corrected chi connectivity index (χ3v) is 6.80. The van der Waals surface area contributed by atoms with Crippen LogP contribution in [0.15, 0.2) is 35.4 Å². The molecule has 2 heterocycles. The van der Waals surface area contributed by atoms with E-state index in [1.165, 1.54) is 16.4 Å². The number of carbonyl (C=O) groups excluding carboxylic acids is 1. The molecule has 0 unspecified atom stereocenters. The zero-order valence-electron chi connectivity index (χ0n) is 15.9. The van der Waals surface area contributed by atoms with Gasteiger partial charge < -0.3 is 10.1 Å². The Hall–Kier alpha value is -2.55. The van der Waals surface area contributed by atoms with Gasteiger partial charge in [0.2, 0.25) is 5.88 Å². The fraction of sp³-hybridized carbons (Fsp3) is 0.474. The number of sulfonamides is 1. The van der Waals surface area contributed by atoms with E-state index in [1.54, 1.807) is 0 Å². The summed E-state index contributed by atoms with van der Waals surface area (Å²) in [7, 11) is -4.09. The SMILES string of the molecule is CC1(C)CCc2ccccc2[C@H]1NC(=O)NS(=O)(=O)c1cnn2c1OCCC2. The number of benzene rings is 1. The van der Waals surface area contributed by atoms with E-state index in [-0.39, 0.29) is 22.2 Å². The highest BCUT2D eigenvalue weighted by Crippen LogP contribution is 2.43. The lowest BCUT2D eigenvalue weighted by molar-refractivity contribution is 0.198. The van der Waals surface area contributed by atoms with Gasteiger partial charge in [0.15, 0.2) is 4.90 Å². The molecular weight excluding hydrogens is 380 g/mol. The van der Waals surface area contributed by atoms with Crippen molar-refractivity contribution in [2.45, 2.75) is 50.6 Å². The Bertz CT molecular complexity index is 1010. The first-order valence-electron chi connectivity index (χ1n) is 9.38. The second kappa shape index (κ2) is 6.80. The first-order chi connectivity index (χ1) is 13.3. The van der Waals surface area contributed by atoms with Crippen molar-refractivity contribution < 1.29 is 17.9 Å². The van der Waals surface area contributed by atoms with Crippen LogP contribution in [0.2, 0.25) is 0 Å². The van der Waals surface area contributed by atoms with Crippen molar-refractivity contribution in [2.75, 3.05) is 6.61 Å². The summed E-state index contributed by atoms with van der Waals surface area (Å²) in [5, 5.41) is 6.91. The number of aromatic nitrogens is 2. The van der Waals surface area contributed by atoms with Gasteiger partial charge in [-0.25, -0.2) is 22.6 Å². The monoisotopic (exact) mass is 404 g/mol. The Kier molecular flexibility index (Phi) is 4.57. The molecule has 8 nitrogen and oxygen atoms in total. The van der Waals surface area contributed by atoms with Gasteiger partial charge in [0, 0.05) is 13.0 Å². The normalized spacial score (nSPS) is 20.4. The average Bonchev–Trinajstić information content (AvgIpc) is 3.09. The van der Waals surface area contributed by atoms with E-state index >= 15 is 0 Å². The first kappa shape index (κ1) is 18.8. The second-order valence-corrected chi connectivity index (χ2v) is 9.59. The van der Waals surface area contributed by atoms with E-state index in [0.29, 0.717) is 13.2 Å². The van der Waals surface area contributed by atoms with Crippen LogP contribution < -0.4 is 14.8 Å². The Morgan fingerprint density at radius 1 is 1.32 bits per heavy atom. The van der Waals surface area contributed by atoms with Gasteiger partial charge in [-0.05, 0) is 29.4 Å². The van der Waals surface area contributed by atoms with Crippen molar-refractivity contribution in [2.24, 2.45) is 5.41 Å². The van der Waals surface area contributed by atoms with E-state index in [9.17, 15) is 13.2 Å². The number of amides is 2. The number of urea groups is 1. The van der Waals surface area contributed by atoms with Crippen molar-refractivity contribution >= 4 is 16.1 Å². The molecule has 2 N–H and O–H groups in total. The van der Waals surface area contributed by atoms with Crippen LogP contribution in [-0.2, 0) is 23.0 Å². The minimum Gasteiger partial charge on any atom is -0.477 e. The highest BCUT2D eigenvalue weighted by atomic mass is 32.2. The average molecular weight is 404 g/mol. The molecule has 1 aromatic carbocycles. The molecule has 0 spiro atoms. The summed E-state index contributed by atoms with van der Waals surface area (Å²) in [5.41, 5.74) is 2.00. The van der Waals surface area contributed by atoms with Crippen molar-refractivity contribution in [3.05, 3.63) is 41.6 Å². The Morgan fingerprint density at radius 2 is 2.11 bits per heavy atom. The maximum absolute atomic E-state index is 12.7. The molecule has 9 heteroatoms. The summed E-state index contributed by atoms with van der Waals surface area (Å²) >= 11 is 0. The van der Waals surface area contributed by atoms with Crippen LogP contribution in [0.4, 0.5) is 4.79 Å². The van der Waals surface area contributed by atoms with Crippen molar-refractivity contribution in [1.82, 2.24) is 19.8 Å². The number of nitrogens with zero attached hydrogens (tertiary/aromatic N) is 2. The number of rotatable bonds is 3. The Morgan fingerprint density at radius 3 is 2.93 bits per heavy atom. The van der Waals surface area contributed by atoms with Gasteiger partial charge in [-0.3, -0.25) is 0 Å². The van der Waals surface area contributed by atoms with Crippen molar-refractivity contribution in [1.29, 1.82) is 0 Å². The molecule has 1 atom stereocenters. The van der Waals surface area contributed by atoms with Gasteiger partial charge in [0.1, 0.15) is 0 Å². The van der Waals surface area contributed by atoms with E-state index < -0.39 is 16.1 Å². The topological polar surface area (TPSA) is 102 Å². The van der Waals surface area contributed by atoms with Crippen LogP contribution in [0.1, 0.15) is 43.9 Å². The first-order valence-corrected chi connectivity index (χ1v) is 10.9. The molecule has 0 radical (unpaired) electrons. The van der Waals surface area contributed by atoms with E-state index in [4.69, 9.17) is 4.74 Å². The number of ether oxygens (including phenoxy) is 1. The Labute approximate surface area is 164 Å². The zero-order valence-corrected chi connectivity index (χ0v) is 16.8. The van der Waals surface area contributed by atoms with Gasteiger partial charge in [-0.2, -0.15) is 5.10 Å². The van der Waals surface area contributed by atoms with Crippen molar-refractivity contribution in [3.63, 3.8) is 0 Å². The molecule has 0 saturated carbocycles. The zero-order chi connectivity index (χ0) is 19.9. The summed E-state index contributed by atoms with van der Waals surface area (Å²) < 4.78 is 34.5. The van der Waals surface area contributed by atoms with E-state index in [1.807, 2.05) is 24.3 Å². The minimum absolute atomic E-state index is 0.120. The third-order valence-electron chi connectivity index (χ3n) is 5.49. The molecule has 2 aliphatic rings. The lowest BCUT2D eigenvalue weighted by Crippen LogP contribution is -2.46. The number of hydrogen-bond donors (Lipinski definition) is 2. The van der Waals surface area contributed by atoms with Crippen LogP contribution >= 0.6 is 0 Å². The molecule has 1 aliphatic carbocycles.